The Bertz CT molecular complexity index is 2020. The molecule has 9 aliphatic rings. The van der Waals surface area contributed by atoms with E-state index in [1.807, 2.05) is 47.6 Å². The number of cyclic esters (lactones) is 1. The normalized spacial score (nSPS) is 50.5. The first-order chi connectivity index (χ1) is 31.3. The lowest BCUT2D eigenvalue weighted by Gasteiger charge is -2.65. The van der Waals surface area contributed by atoms with Gasteiger partial charge in [-0.2, -0.15) is 0 Å². The molecule has 3 unspecified atom stereocenters. The van der Waals surface area contributed by atoms with Gasteiger partial charge < -0.3 is 68.2 Å². The summed E-state index contributed by atoms with van der Waals surface area (Å²) in [5, 5.41) is 58.4. The molecular weight excluding hydrogens is 853 g/mol. The maximum atomic E-state index is 13.0. The third-order valence-electron chi connectivity index (χ3n) is 18.0. The Morgan fingerprint density at radius 3 is 2.06 bits per heavy atom. The van der Waals surface area contributed by atoms with E-state index in [0.717, 1.165) is 32.1 Å². The minimum absolute atomic E-state index is 0.0167. The Kier molecular flexibility index (Phi) is 12.4. The molecule has 4 aliphatic carbocycles. The van der Waals surface area contributed by atoms with Gasteiger partial charge >= 0.3 is 5.97 Å². The van der Waals surface area contributed by atoms with Gasteiger partial charge in [-0.3, -0.25) is 0 Å². The Hall–Kier alpha value is -2.51. The van der Waals surface area contributed by atoms with Crippen LogP contribution in [-0.2, 0) is 47.4 Å². The number of rotatable bonds is 8. The Morgan fingerprint density at radius 1 is 0.727 bits per heavy atom. The van der Waals surface area contributed by atoms with Gasteiger partial charge in [0.2, 0.25) is 0 Å². The molecule has 0 radical (unpaired) electrons. The van der Waals surface area contributed by atoms with Gasteiger partial charge in [-0.25, -0.2) is 4.79 Å². The van der Waals surface area contributed by atoms with Gasteiger partial charge in [-0.15, -0.1) is 0 Å². The zero-order chi connectivity index (χ0) is 46.7. The molecule has 8 fully saturated rings. The number of aliphatic hydroxyl groups excluding tert-OH is 3. The van der Waals surface area contributed by atoms with Crippen molar-refractivity contribution in [3.05, 3.63) is 47.2 Å². The van der Waals surface area contributed by atoms with Gasteiger partial charge in [-0.1, -0.05) is 32.0 Å². The average Bonchev–Trinajstić information content (AvgIpc) is 3.87. The first-order valence-electron chi connectivity index (χ1n) is 24.7. The monoisotopic (exact) mass is 924 g/mol. The Balaban J connectivity index is 0.730. The molecule has 15 heteroatoms. The molecule has 5 N–H and O–H groups in total. The number of ether oxygens (including phenoxy) is 9. The highest BCUT2D eigenvalue weighted by Gasteiger charge is 2.71. The number of carbonyl (C=O) groups is 1. The molecule has 0 bridgehead atoms. The summed E-state index contributed by atoms with van der Waals surface area (Å²) in [6, 6.07) is 6.89. The average molecular weight is 925 g/mol. The lowest BCUT2D eigenvalue weighted by atomic mass is 9.42. The maximum Gasteiger partial charge on any atom is 0.336 e. The largest absolute Gasteiger partial charge is 0.507 e. The lowest BCUT2D eigenvalue weighted by molar-refractivity contribution is -0.334. The van der Waals surface area contributed by atoms with Gasteiger partial charge in [0.25, 0.3) is 0 Å². The number of phenolic OH excluding ortho intramolecular Hbond substituents is 1. The molecule has 0 aromatic heterocycles. The number of esters is 1. The fourth-order valence-corrected chi connectivity index (χ4v) is 14.6. The maximum absolute atomic E-state index is 13.0. The number of benzene rings is 1. The minimum Gasteiger partial charge on any atom is -0.507 e. The van der Waals surface area contributed by atoms with Gasteiger partial charge in [0, 0.05) is 41.9 Å². The summed E-state index contributed by atoms with van der Waals surface area (Å²) in [7, 11) is 0. The van der Waals surface area contributed by atoms with E-state index in [2.05, 4.69) is 6.92 Å². The van der Waals surface area contributed by atoms with Crippen LogP contribution in [0.4, 0.5) is 0 Å². The van der Waals surface area contributed by atoms with Crippen molar-refractivity contribution in [2.45, 2.75) is 216 Å². The fraction of sp³-hybridized carbons (Fsp3) is 0.784. The SMILES string of the molecule is C[C@H]1OC(O[C@H]2[C@@H](O)CC(O[C@H]3[C@@H](O)CC(O[C@H]4CC[C@@]5(C)[C@H](CC[C@@H]6[C@@H]5C[C@@H](O)[C@]5(C)[C@@H](C7=CC(=O)O/C7=C\c7ccccc7O)CC[C@]65O)C4)O[C@@H]3C)O[C@@H]2C)C[C@@H]2OC(C)(C)O[C@@H]21. The van der Waals surface area contributed by atoms with Crippen LogP contribution in [0.5, 0.6) is 5.75 Å². The number of aromatic hydroxyl groups is 1. The van der Waals surface area contributed by atoms with Crippen LogP contribution < -0.4 is 0 Å². The van der Waals surface area contributed by atoms with Crippen molar-refractivity contribution in [3.63, 3.8) is 0 Å². The molecule has 66 heavy (non-hydrogen) atoms. The number of allylic oxidation sites excluding steroid dienone is 1. The van der Waals surface area contributed by atoms with Crippen molar-refractivity contribution in [1.82, 2.24) is 0 Å². The van der Waals surface area contributed by atoms with E-state index in [-0.39, 0.29) is 66.2 Å². The second kappa shape index (κ2) is 17.4. The molecule has 0 amide bonds. The molecule has 4 saturated carbocycles. The van der Waals surface area contributed by atoms with Crippen molar-refractivity contribution in [2.75, 3.05) is 0 Å². The molecule has 10 rings (SSSR count). The van der Waals surface area contributed by atoms with Crippen LogP contribution in [0.2, 0.25) is 0 Å². The number of aliphatic hydroxyl groups is 4. The van der Waals surface area contributed by atoms with E-state index >= 15 is 0 Å². The van der Waals surface area contributed by atoms with Crippen LogP contribution in [0.25, 0.3) is 6.08 Å². The third-order valence-corrected chi connectivity index (χ3v) is 18.0. The molecule has 0 spiro atoms. The number of fused-ring (bicyclic) bond motifs is 6. The Morgan fingerprint density at radius 2 is 1.38 bits per heavy atom. The number of hydrogen-bond donors (Lipinski definition) is 5. The lowest BCUT2D eigenvalue weighted by Crippen LogP contribution is -2.67. The second-order valence-corrected chi connectivity index (χ2v) is 22.2. The van der Waals surface area contributed by atoms with Crippen molar-refractivity contribution >= 4 is 12.0 Å². The first-order valence-corrected chi connectivity index (χ1v) is 24.7. The standard InChI is InChI=1S/C51H72O15/c1-25-45(63-43-23-37(54)46(26(2)59-43)64-44-24-39-47(27(3)60-44)66-48(4,5)65-39)36(53)22-42(58-25)61-30-14-16-49(6)29(19-30)12-13-33-34(49)21-40(55)50(7)32(15-17-51(33,50)57)31-20-41(56)62-38(31)18-28-10-8-9-11-35(28)52/h8-11,18,20,25-27,29-30,32-34,36-37,39-40,42-47,52-55,57H,12-17,19,21-24H2,1-7H3/b38-18-/t25-,26-,27-,29-,30+,32-,33-,34+,36+,37+,39+,40-,42?,43?,44?,45-,46-,47-,49+,50+,51+/m1/s1. The van der Waals surface area contributed by atoms with Crippen LogP contribution >= 0.6 is 0 Å². The number of carbonyl (C=O) groups excluding carboxylic acids is 1. The van der Waals surface area contributed by atoms with E-state index in [1.165, 1.54) is 6.08 Å². The van der Waals surface area contributed by atoms with Crippen LogP contribution in [0, 0.1) is 34.5 Å². The van der Waals surface area contributed by atoms with Crippen LogP contribution in [-0.4, -0.2) is 129 Å². The van der Waals surface area contributed by atoms with Crippen molar-refractivity contribution < 1.29 is 73.0 Å². The van der Waals surface area contributed by atoms with Gasteiger partial charge in [0.15, 0.2) is 24.7 Å². The zero-order valence-corrected chi connectivity index (χ0v) is 39.5. The van der Waals surface area contributed by atoms with Crippen molar-refractivity contribution in [2.24, 2.45) is 34.5 Å². The van der Waals surface area contributed by atoms with Crippen LogP contribution in [0.1, 0.15) is 125 Å². The quantitative estimate of drug-likeness (QED) is 0.156. The smallest absolute Gasteiger partial charge is 0.336 e. The highest BCUT2D eigenvalue weighted by Crippen LogP contribution is 2.70. The predicted octanol–water partition coefficient (Wildman–Crippen LogP) is 5.76. The molecule has 1 aromatic carbocycles. The summed E-state index contributed by atoms with van der Waals surface area (Å²) in [6.07, 6.45) is 2.34. The predicted molar refractivity (Wildman–Crippen MR) is 236 cm³/mol. The highest BCUT2D eigenvalue weighted by atomic mass is 16.8. The summed E-state index contributed by atoms with van der Waals surface area (Å²) < 4.78 is 55.8. The van der Waals surface area contributed by atoms with E-state index in [9.17, 15) is 30.3 Å². The Labute approximate surface area is 388 Å². The van der Waals surface area contributed by atoms with Gasteiger partial charge in [0.1, 0.15) is 29.8 Å². The third kappa shape index (κ3) is 8.12. The van der Waals surface area contributed by atoms with Crippen molar-refractivity contribution in [1.29, 1.82) is 0 Å². The number of phenols is 1. The number of para-hydroxylation sites is 1. The van der Waals surface area contributed by atoms with Crippen molar-refractivity contribution in [3.8, 4) is 5.75 Å². The molecule has 1 aromatic rings. The summed E-state index contributed by atoms with van der Waals surface area (Å²) in [4.78, 5) is 12.8. The summed E-state index contributed by atoms with van der Waals surface area (Å²) in [5.74, 6) is -0.645. The molecule has 15 nitrogen and oxygen atoms in total. The molecule has 366 valence electrons. The molecule has 4 saturated heterocycles. The highest BCUT2D eigenvalue weighted by molar-refractivity contribution is 5.90. The summed E-state index contributed by atoms with van der Waals surface area (Å²) >= 11 is 0. The van der Waals surface area contributed by atoms with E-state index in [4.69, 9.17) is 42.6 Å². The summed E-state index contributed by atoms with van der Waals surface area (Å²) in [5.41, 5.74) is -0.964. The topological polar surface area (TPSA) is 201 Å². The zero-order valence-electron chi connectivity index (χ0n) is 39.5. The van der Waals surface area contributed by atoms with E-state index in [1.54, 1.807) is 24.3 Å². The molecule has 5 aliphatic heterocycles. The summed E-state index contributed by atoms with van der Waals surface area (Å²) in [6.45, 7) is 13.8. The fourth-order valence-electron chi connectivity index (χ4n) is 14.6. The van der Waals surface area contributed by atoms with Gasteiger partial charge in [-0.05, 0) is 127 Å². The molecular formula is C51H72O15. The second-order valence-electron chi connectivity index (χ2n) is 22.2. The van der Waals surface area contributed by atoms with E-state index in [0.29, 0.717) is 48.5 Å². The van der Waals surface area contributed by atoms with Crippen LogP contribution in [0.3, 0.4) is 0 Å². The van der Waals surface area contributed by atoms with E-state index < -0.39 is 84.4 Å². The van der Waals surface area contributed by atoms with Gasteiger partial charge in [0.05, 0.1) is 54.4 Å². The first kappa shape index (κ1) is 47.2. The van der Waals surface area contributed by atoms with Crippen LogP contribution in [0.15, 0.2) is 41.7 Å². The number of hydrogen-bond acceptors (Lipinski definition) is 15. The minimum atomic E-state index is -1.14. The molecule has 21 atom stereocenters. The molecule has 5 heterocycles.